The minimum atomic E-state index is -2.01. The lowest BCUT2D eigenvalue weighted by atomic mass is 9.86. The molecular formula is C28H27N3O8. The van der Waals surface area contributed by atoms with Crippen LogP contribution in [0.2, 0.25) is 0 Å². The number of barbiturate groups is 1. The Kier molecular flexibility index (Phi) is 7.93. The predicted octanol–water partition coefficient (Wildman–Crippen LogP) is 2.11. The number of urea groups is 1. The Hall–Kier alpha value is -4.74. The van der Waals surface area contributed by atoms with Crippen LogP contribution in [-0.2, 0) is 24.7 Å². The standard InChI is InChI=1S/C28H27N3O8/c1-2-37-17-16-27(24(33)30-26(35)31-25(27)34)39-22-14-12-21(13-15-22)38-20-10-8-19(9-11-20)28(36,23(29)32)18-6-4-3-5-7-18/h3-15,36H,2,16-17H2,1H3,(H2,29,32)(H2,30,31,33,34,35). The molecule has 5 N–H and O–H groups in total. The second-order valence-electron chi connectivity index (χ2n) is 8.65. The Morgan fingerprint density at radius 2 is 1.36 bits per heavy atom. The zero-order chi connectivity index (χ0) is 28.0. The van der Waals surface area contributed by atoms with Crippen molar-refractivity contribution < 1.29 is 38.5 Å². The van der Waals surface area contributed by atoms with E-state index in [2.05, 4.69) is 10.6 Å². The third-order valence-electron chi connectivity index (χ3n) is 6.16. The van der Waals surface area contributed by atoms with Crippen LogP contribution in [0.3, 0.4) is 0 Å². The highest BCUT2D eigenvalue weighted by Crippen LogP contribution is 2.32. The van der Waals surface area contributed by atoms with Crippen molar-refractivity contribution in [2.24, 2.45) is 5.73 Å². The highest BCUT2D eigenvalue weighted by atomic mass is 16.5. The van der Waals surface area contributed by atoms with Gasteiger partial charge in [-0.05, 0) is 54.4 Å². The highest BCUT2D eigenvalue weighted by Gasteiger charge is 2.52. The van der Waals surface area contributed by atoms with Gasteiger partial charge in [0.2, 0.25) is 0 Å². The second kappa shape index (κ2) is 11.3. The van der Waals surface area contributed by atoms with Crippen LogP contribution in [0.15, 0.2) is 78.9 Å². The van der Waals surface area contributed by atoms with Crippen molar-refractivity contribution in [3.05, 3.63) is 90.0 Å². The van der Waals surface area contributed by atoms with Gasteiger partial charge in [0.05, 0.1) is 6.61 Å². The number of nitrogens with two attached hydrogens (primary N) is 1. The fourth-order valence-corrected chi connectivity index (χ4v) is 4.08. The first-order valence-corrected chi connectivity index (χ1v) is 12.1. The van der Waals surface area contributed by atoms with Gasteiger partial charge in [-0.15, -0.1) is 0 Å². The molecule has 11 nitrogen and oxygen atoms in total. The first-order valence-electron chi connectivity index (χ1n) is 12.1. The van der Waals surface area contributed by atoms with Crippen molar-refractivity contribution in [1.29, 1.82) is 0 Å². The average Bonchev–Trinajstić information content (AvgIpc) is 2.93. The molecule has 0 saturated carbocycles. The van der Waals surface area contributed by atoms with Gasteiger partial charge in [0.25, 0.3) is 23.3 Å². The van der Waals surface area contributed by atoms with E-state index in [1.54, 1.807) is 61.5 Å². The molecule has 0 aliphatic carbocycles. The van der Waals surface area contributed by atoms with Crippen LogP contribution in [0, 0.1) is 0 Å². The Morgan fingerprint density at radius 3 is 1.90 bits per heavy atom. The van der Waals surface area contributed by atoms with Crippen molar-refractivity contribution in [2.45, 2.75) is 24.5 Å². The summed E-state index contributed by atoms with van der Waals surface area (Å²) in [5.74, 6) is -1.69. The maximum Gasteiger partial charge on any atom is 0.328 e. The number of hydrogen-bond acceptors (Lipinski definition) is 8. The van der Waals surface area contributed by atoms with Crippen molar-refractivity contribution in [3.8, 4) is 17.2 Å². The number of aliphatic hydroxyl groups is 1. The van der Waals surface area contributed by atoms with Crippen LogP contribution in [0.5, 0.6) is 17.2 Å². The van der Waals surface area contributed by atoms with E-state index in [0.29, 0.717) is 23.7 Å². The Balaban J connectivity index is 1.49. The number of carbonyl (C=O) groups excluding carboxylic acids is 4. The number of primary amides is 1. The minimum absolute atomic E-state index is 0.0534. The zero-order valence-corrected chi connectivity index (χ0v) is 21.0. The first-order chi connectivity index (χ1) is 18.7. The fourth-order valence-electron chi connectivity index (χ4n) is 4.08. The van der Waals surface area contributed by atoms with E-state index in [1.165, 1.54) is 24.3 Å². The SMILES string of the molecule is CCOCCC1(Oc2ccc(Oc3ccc(C(O)(C(N)=O)c4ccccc4)cc3)cc2)C(=O)NC(=O)NC1=O. The van der Waals surface area contributed by atoms with Gasteiger partial charge < -0.3 is 25.1 Å². The average molecular weight is 534 g/mol. The topological polar surface area (TPSA) is 166 Å². The van der Waals surface area contributed by atoms with Gasteiger partial charge in [0.15, 0.2) is 5.60 Å². The van der Waals surface area contributed by atoms with Gasteiger partial charge in [0, 0.05) is 13.0 Å². The van der Waals surface area contributed by atoms with Crippen molar-refractivity contribution in [1.82, 2.24) is 10.6 Å². The summed E-state index contributed by atoms with van der Waals surface area (Å²) in [7, 11) is 0. The quantitative estimate of drug-likeness (QED) is 0.215. The number of rotatable bonds is 11. The molecule has 3 aromatic rings. The molecule has 1 aliphatic heterocycles. The molecule has 4 rings (SSSR count). The number of carbonyl (C=O) groups is 4. The summed E-state index contributed by atoms with van der Waals surface area (Å²) in [6, 6.07) is 19.8. The highest BCUT2D eigenvalue weighted by molar-refractivity contribution is 6.21. The summed E-state index contributed by atoms with van der Waals surface area (Å²) >= 11 is 0. The maximum atomic E-state index is 12.6. The number of nitrogens with one attached hydrogen (secondary N) is 2. The molecule has 1 unspecified atom stereocenters. The summed E-state index contributed by atoms with van der Waals surface area (Å²) in [5.41, 5.74) is 2.15. The van der Waals surface area contributed by atoms with Crippen LogP contribution in [0.25, 0.3) is 0 Å². The molecule has 11 heteroatoms. The molecule has 0 aromatic heterocycles. The van der Waals surface area contributed by atoms with E-state index in [-0.39, 0.29) is 24.3 Å². The molecule has 5 amide bonds. The van der Waals surface area contributed by atoms with Crippen molar-refractivity contribution in [3.63, 3.8) is 0 Å². The van der Waals surface area contributed by atoms with Gasteiger partial charge in [-0.25, -0.2) is 4.79 Å². The fraction of sp³-hybridized carbons (Fsp3) is 0.214. The molecular weight excluding hydrogens is 506 g/mol. The van der Waals surface area contributed by atoms with Gasteiger partial charge in [-0.3, -0.25) is 25.0 Å². The number of ether oxygens (including phenoxy) is 3. The Morgan fingerprint density at radius 1 is 0.846 bits per heavy atom. The smallest absolute Gasteiger partial charge is 0.328 e. The second-order valence-corrected chi connectivity index (χ2v) is 8.65. The van der Waals surface area contributed by atoms with Crippen LogP contribution >= 0.6 is 0 Å². The van der Waals surface area contributed by atoms with E-state index < -0.39 is 35.0 Å². The number of hydrogen-bond donors (Lipinski definition) is 4. The zero-order valence-electron chi connectivity index (χ0n) is 21.0. The van der Waals surface area contributed by atoms with Gasteiger partial charge in [0.1, 0.15) is 17.2 Å². The third kappa shape index (κ3) is 5.59. The minimum Gasteiger partial charge on any atom is -0.467 e. The molecule has 1 atom stereocenters. The number of benzene rings is 3. The molecule has 0 spiro atoms. The third-order valence-corrected chi connectivity index (χ3v) is 6.16. The lowest BCUT2D eigenvalue weighted by Crippen LogP contribution is -2.69. The van der Waals surface area contributed by atoms with Gasteiger partial charge in [-0.1, -0.05) is 42.5 Å². The largest absolute Gasteiger partial charge is 0.467 e. The molecule has 0 radical (unpaired) electrons. The molecule has 39 heavy (non-hydrogen) atoms. The lowest BCUT2D eigenvalue weighted by molar-refractivity contribution is -0.153. The molecule has 1 heterocycles. The van der Waals surface area contributed by atoms with Crippen LogP contribution in [0.4, 0.5) is 4.79 Å². The summed E-state index contributed by atoms with van der Waals surface area (Å²) in [6.45, 7) is 2.20. The number of amides is 5. The normalized spacial score (nSPS) is 16.0. The summed E-state index contributed by atoms with van der Waals surface area (Å²) < 4.78 is 16.9. The summed E-state index contributed by atoms with van der Waals surface area (Å²) in [5, 5.41) is 15.2. The van der Waals surface area contributed by atoms with Gasteiger partial charge in [-0.2, -0.15) is 0 Å². The summed E-state index contributed by atoms with van der Waals surface area (Å²) in [4.78, 5) is 49.0. The molecule has 0 bridgehead atoms. The molecule has 202 valence electrons. The maximum absolute atomic E-state index is 12.6. The monoisotopic (exact) mass is 533 g/mol. The van der Waals surface area contributed by atoms with Gasteiger partial charge >= 0.3 is 6.03 Å². The van der Waals surface area contributed by atoms with E-state index >= 15 is 0 Å². The van der Waals surface area contributed by atoms with Crippen molar-refractivity contribution >= 4 is 23.8 Å². The Bertz CT molecular complexity index is 1340. The van der Waals surface area contributed by atoms with E-state index in [4.69, 9.17) is 19.9 Å². The molecule has 3 aromatic carbocycles. The number of imide groups is 2. The first kappa shape index (κ1) is 27.3. The molecule has 1 saturated heterocycles. The molecule has 1 aliphatic rings. The van der Waals surface area contributed by atoms with Crippen LogP contribution in [0.1, 0.15) is 24.5 Å². The Labute approximate surface area is 223 Å². The van der Waals surface area contributed by atoms with E-state index in [9.17, 15) is 24.3 Å². The van der Waals surface area contributed by atoms with E-state index in [1.807, 2.05) is 0 Å². The van der Waals surface area contributed by atoms with Crippen LogP contribution in [-0.4, -0.2) is 47.7 Å². The van der Waals surface area contributed by atoms with E-state index in [0.717, 1.165) is 0 Å². The predicted molar refractivity (Wildman–Crippen MR) is 138 cm³/mol. The van der Waals surface area contributed by atoms with Crippen LogP contribution < -0.4 is 25.8 Å². The lowest BCUT2D eigenvalue weighted by Gasteiger charge is -2.34. The van der Waals surface area contributed by atoms with Crippen molar-refractivity contribution in [2.75, 3.05) is 13.2 Å². The summed E-state index contributed by atoms with van der Waals surface area (Å²) in [6.07, 6.45) is -0.114. The molecule has 1 fully saturated rings.